The van der Waals surface area contributed by atoms with Crippen molar-refractivity contribution in [2.45, 2.75) is 155 Å². The van der Waals surface area contributed by atoms with Gasteiger partial charge in [-0.1, -0.05) is 167 Å². The number of pyridine rings is 2. The average molecular weight is 1890 g/mol. The van der Waals surface area contributed by atoms with E-state index in [1.807, 2.05) is 80.7 Å². The number of methoxy groups -OCH3 is 1. The predicted octanol–water partition coefficient (Wildman–Crippen LogP) is 18.6. The maximum Gasteiger partial charge on any atom is 0.434 e. The molecule has 32 heteroatoms. The summed E-state index contributed by atoms with van der Waals surface area (Å²) in [5.74, 6) is 3.54. The highest BCUT2D eigenvalue weighted by Crippen LogP contribution is 2.57. The normalized spacial score (nSPS) is 19.3. The van der Waals surface area contributed by atoms with E-state index in [2.05, 4.69) is 104 Å². The molecule has 0 radical (unpaired) electrons. The first-order valence-corrected chi connectivity index (χ1v) is 46.4. The minimum Gasteiger partial charge on any atom is -0.497 e. The van der Waals surface area contributed by atoms with Crippen LogP contribution >= 0.6 is 69.6 Å². The summed E-state index contributed by atoms with van der Waals surface area (Å²) < 4.78 is 46.0. The van der Waals surface area contributed by atoms with Crippen molar-refractivity contribution in [1.82, 2.24) is 49.8 Å². The molecule has 0 amide bonds. The fourth-order valence-electron chi connectivity index (χ4n) is 21.2. The first-order chi connectivity index (χ1) is 63.0. The maximum atomic E-state index is 13.5. The van der Waals surface area contributed by atoms with Crippen molar-refractivity contribution in [3.8, 4) is 50.8 Å². The molecule has 131 heavy (non-hydrogen) atoms. The molecule has 0 unspecified atom stereocenters. The second-order valence-electron chi connectivity index (χ2n) is 35.7. The topological polar surface area (TPSA) is 336 Å². The van der Waals surface area contributed by atoms with Crippen molar-refractivity contribution in [3.05, 3.63) is 285 Å². The Labute approximate surface area is 789 Å². The lowest BCUT2D eigenvalue weighted by Gasteiger charge is -2.43. The number of anilines is 4. The average Bonchev–Trinajstić information content (AvgIpc) is 1.62. The van der Waals surface area contributed by atoms with E-state index in [0.717, 1.165) is 163 Å². The van der Waals surface area contributed by atoms with Crippen molar-refractivity contribution >= 4 is 92.9 Å². The number of fused-ring (bicyclic) bond motifs is 4. The van der Waals surface area contributed by atoms with E-state index in [9.17, 15) is 33.6 Å². The van der Waals surface area contributed by atoms with Crippen LogP contribution in [0.2, 0.25) is 30.1 Å². The van der Waals surface area contributed by atoms with Crippen molar-refractivity contribution in [2.75, 3.05) is 79.1 Å². The van der Waals surface area contributed by atoms with Gasteiger partial charge >= 0.3 is 6.18 Å². The molecule has 6 aromatic carbocycles. The van der Waals surface area contributed by atoms with Crippen LogP contribution in [0.1, 0.15) is 166 Å². The van der Waals surface area contributed by atoms with Gasteiger partial charge in [-0.2, -0.15) is 13.2 Å². The Morgan fingerprint density at radius 3 is 1.15 bits per heavy atom. The van der Waals surface area contributed by atoms with E-state index < -0.39 is 18.5 Å². The molecule has 4 atom stereocenters. The highest BCUT2D eigenvalue weighted by Gasteiger charge is 2.51. The molecule has 20 rings (SSSR count). The summed E-state index contributed by atoms with van der Waals surface area (Å²) in [6, 6.07) is 46.2. The molecular formula is C99H103Cl6F3N18O5. The van der Waals surface area contributed by atoms with Crippen LogP contribution in [-0.4, -0.2) is 130 Å². The minimum atomic E-state index is -4.62. The van der Waals surface area contributed by atoms with Crippen LogP contribution in [0.25, 0.3) is 45.0 Å². The van der Waals surface area contributed by atoms with E-state index in [4.69, 9.17) is 117 Å². The van der Waals surface area contributed by atoms with E-state index in [1.54, 1.807) is 38.4 Å². The van der Waals surface area contributed by atoms with Crippen molar-refractivity contribution in [3.63, 3.8) is 0 Å². The van der Waals surface area contributed by atoms with Gasteiger partial charge in [-0.15, -0.1) is 0 Å². The summed E-state index contributed by atoms with van der Waals surface area (Å²) in [5, 5.41) is 42.9. The minimum absolute atomic E-state index is 0.00540. The molecule has 6 aromatic heterocycles. The smallest absolute Gasteiger partial charge is 0.434 e. The standard InChI is InChI=1S/C26H28Cl2N4O2.C25H26F3N5O.C24H25Cl2N5O.C24H24Cl2N4O/c1-15-23(18-4-3-5-20(27)22(18)28)31-21(14-33)25(30-15)32-10-8-26(9-11-32)13-16-6-7-17(34-2)12-19(16)24(26)29;1-15-20(18-7-4-10-30-22(18)25(26,27)28)32-19(14-34)23(31-15)33-11-8-24(9-12-33)13-16-5-2-3-6-17(16)21(24)29;1-14-21(16-4-2-6-17(25)20(16)26)30-19(13-32)23(29-14)31-10-7-24(8-11-31)12-18-15(22(24)27)5-3-9-28-18;25-18-7-3-6-17(21(18)26)19-13-28-23(20(14-31)29-19)30-10-8-24(9-11-30)12-15-4-1-2-5-16(15)22(24)27/h3-7,12,24,33H,8-11,13-14,29H2,1-2H3;2-7,10,21,34H,8-9,11-14,29H2,1H3;2-6,9,22,32H,7-8,10-13,27H2,1H3;1-7,13,22,31H,8-12,14,27H2/t24-;21-;2*22-/m1111/s1. The molecule has 23 nitrogen and oxygen atoms in total. The molecule has 12 aromatic rings. The predicted molar refractivity (Wildman–Crippen MR) is 509 cm³/mol. The number of ether oxygens (including phenoxy) is 1. The number of aliphatic hydroxyl groups excluding tert-OH is 4. The Balaban J connectivity index is 0.000000122. The Kier molecular flexibility index (Phi) is 27.2. The number of benzene rings is 6. The zero-order valence-electron chi connectivity index (χ0n) is 73.0. The Morgan fingerprint density at radius 1 is 0.382 bits per heavy atom. The third-order valence-corrected chi connectivity index (χ3v) is 31.0. The lowest BCUT2D eigenvalue weighted by molar-refractivity contribution is -0.140. The first kappa shape index (κ1) is 93.0. The Hall–Kier alpha value is -9.85. The number of halogens is 9. The molecule has 4 spiro atoms. The molecule has 4 saturated heterocycles. The molecule has 4 aliphatic carbocycles. The van der Waals surface area contributed by atoms with Crippen molar-refractivity contribution in [2.24, 2.45) is 44.6 Å². The summed E-state index contributed by atoms with van der Waals surface area (Å²) in [7, 11) is 1.68. The Morgan fingerprint density at radius 2 is 0.733 bits per heavy atom. The van der Waals surface area contributed by atoms with Crippen molar-refractivity contribution < 1.29 is 38.3 Å². The van der Waals surface area contributed by atoms with Crippen LogP contribution in [0.4, 0.5) is 36.4 Å². The third-order valence-electron chi connectivity index (χ3n) is 28.5. The van der Waals surface area contributed by atoms with Crippen LogP contribution in [0.5, 0.6) is 5.75 Å². The summed E-state index contributed by atoms with van der Waals surface area (Å²) in [6.07, 6.45) is 11.3. The van der Waals surface area contributed by atoms with E-state index in [1.165, 1.54) is 51.1 Å². The highest BCUT2D eigenvalue weighted by atomic mass is 35.5. The SMILES string of the molecule is COc1ccc2c(c1)[C@@H](N)C1(CCN(c3nc(C)c(-c4cccc(Cl)c4Cl)nc3CO)CC1)C2.Cc1nc(N2CCC3(CC2)Cc2ccccc2[C@H]3N)c(CO)nc1-c1cccnc1C(F)(F)F.Cc1nc(N2CCC3(CC2)Cc2ncccc2[C@H]3N)c(CO)nc1-c1cccc(Cl)c1Cl.N[C@@H]1c2ccccc2CC12CCN(c1ncc(-c3cccc(Cl)c3Cl)nc1CO)CC2. The number of hydrogen-bond donors (Lipinski definition) is 8. The zero-order chi connectivity index (χ0) is 92.2. The van der Waals surface area contributed by atoms with Crippen LogP contribution in [0, 0.1) is 42.4 Å². The first-order valence-electron chi connectivity index (χ1n) is 44.1. The van der Waals surface area contributed by atoms with Gasteiger partial charge in [0.15, 0.2) is 29.0 Å². The van der Waals surface area contributed by atoms with E-state index in [-0.39, 0.29) is 82.6 Å². The van der Waals surface area contributed by atoms with E-state index >= 15 is 0 Å². The van der Waals surface area contributed by atoms with E-state index in [0.29, 0.717) is 106 Å². The highest BCUT2D eigenvalue weighted by molar-refractivity contribution is 6.45. The largest absolute Gasteiger partial charge is 0.497 e. The molecule has 4 aliphatic heterocycles. The number of hydrogen-bond acceptors (Lipinski definition) is 23. The van der Waals surface area contributed by atoms with Crippen LogP contribution in [0.15, 0.2) is 164 Å². The molecule has 0 bridgehead atoms. The number of aryl methyl sites for hydroxylation is 3. The van der Waals surface area contributed by atoms with Crippen LogP contribution in [-0.2, 0) is 58.3 Å². The number of nitrogens with two attached hydrogens (primary N) is 4. The molecule has 12 N–H and O–H groups in total. The molecular weight excluding hydrogens is 1790 g/mol. The monoisotopic (exact) mass is 1890 g/mol. The van der Waals surface area contributed by atoms with Gasteiger partial charge < -0.3 is 67.7 Å². The van der Waals surface area contributed by atoms with Gasteiger partial charge in [0.05, 0.1) is 110 Å². The quantitative estimate of drug-likeness (QED) is 0.0531. The van der Waals surface area contributed by atoms with Gasteiger partial charge in [-0.05, 0) is 207 Å². The lowest BCUT2D eigenvalue weighted by Crippen LogP contribution is -2.45. The number of alkyl halides is 3. The number of aliphatic hydroxyl groups is 4. The van der Waals surface area contributed by atoms with Crippen LogP contribution < -0.4 is 47.3 Å². The number of nitrogens with zero attached hydrogens (tertiary/aromatic N) is 14. The number of rotatable bonds is 13. The summed E-state index contributed by atoms with van der Waals surface area (Å²) in [4.78, 5) is 54.4. The second kappa shape index (κ2) is 38.3. The molecule has 8 aliphatic rings. The molecule has 4 fully saturated rings. The summed E-state index contributed by atoms with van der Waals surface area (Å²) in [5.41, 5.74) is 43.6. The summed E-state index contributed by atoms with van der Waals surface area (Å²) >= 11 is 37.7. The summed E-state index contributed by atoms with van der Waals surface area (Å²) in [6.45, 7) is 10.7. The molecule has 10 heterocycles. The molecule has 682 valence electrons. The van der Waals surface area contributed by atoms with Gasteiger partial charge in [-0.25, -0.2) is 39.9 Å². The van der Waals surface area contributed by atoms with Gasteiger partial charge in [-0.3, -0.25) is 9.97 Å². The van der Waals surface area contributed by atoms with Gasteiger partial charge in [0.2, 0.25) is 0 Å². The second-order valence-corrected chi connectivity index (χ2v) is 38.0. The fourth-order valence-corrected chi connectivity index (χ4v) is 22.3. The lowest BCUT2D eigenvalue weighted by atomic mass is 9.73. The fraction of sp³-hybridized carbons (Fsp3) is 0.374. The Bertz CT molecular complexity index is 6270. The van der Waals surface area contributed by atoms with Gasteiger partial charge in [0, 0.05) is 117 Å². The van der Waals surface area contributed by atoms with Gasteiger partial charge in [0.1, 0.15) is 28.5 Å². The number of piperidine rings is 4. The third kappa shape index (κ3) is 17.9. The van der Waals surface area contributed by atoms with Crippen LogP contribution in [0.3, 0.4) is 0 Å². The number of aromatic nitrogens is 10. The zero-order valence-corrected chi connectivity index (χ0v) is 77.6. The van der Waals surface area contributed by atoms with Gasteiger partial charge in [0.25, 0.3) is 0 Å². The van der Waals surface area contributed by atoms with Crippen molar-refractivity contribution in [1.29, 1.82) is 0 Å². The maximum absolute atomic E-state index is 13.5. The molecule has 0 saturated carbocycles.